The van der Waals surface area contributed by atoms with Crippen LogP contribution in [0.4, 0.5) is 33.7 Å². The number of nitrogens with two attached hydrogens (primary N) is 1. The van der Waals surface area contributed by atoms with Gasteiger partial charge in [0.25, 0.3) is 0 Å². The molecule has 2 aliphatic heterocycles. The summed E-state index contributed by atoms with van der Waals surface area (Å²) in [5.74, 6) is 4.29. The molecule has 3 aromatic rings. The van der Waals surface area contributed by atoms with Crippen molar-refractivity contribution in [2.75, 3.05) is 30.0 Å². The van der Waals surface area contributed by atoms with Gasteiger partial charge in [-0.25, -0.2) is 19.6 Å². The highest BCUT2D eigenvalue weighted by Crippen LogP contribution is 2.51. The molecule has 4 atom stereocenters. The molecule has 3 fully saturated rings. The summed E-state index contributed by atoms with van der Waals surface area (Å²) in [6.07, 6.45) is -3.01. The van der Waals surface area contributed by atoms with Crippen molar-refractivity contribution in [1.29, 1.82) is 0 Å². The number of aromatic nitrogens is 4. The molecule has 3 aliphatic rings. The minimum Gasteiger partial charge on any atom is -0.376 e. The van der Waals surface area contributed by atoms with Crippen molar-refractivity contribution in [1.82, 2.24) is 24.4 Å². The lowest BCUT2D eigenvalue weighted by atomic mass is 9.73. The number of imidazole rings is 1. The Morgan fingerprint density at radius 2 is 1.79 bits per heavy atom. The Bertz CT molecular complexity index is 1450. The largest absolute Gasteiger partial charge is 0.416 e. The standard InChI is InChI=1S/C29H37F5N8O/c1-16-14-41(25-23-26(38-27(37-25)39-35)42(18(3)36-23)15-22-5-4-10-43-22)17(2)13-40(16)24(20-11-28(30,31)12-20)19-6-8-21(9-7-19)29(32,33)34/h6-9,16-17,20,22,24H,4-5,10-15,35H2,1-3H3,(H,37,38,39)/t16-,17+,22?,24?/m1/s1. The van der Waals surface area contributed by atoms with Crippen LogP contribution >= 0.6 is 0 Å². The molecular formula is C29H37F5N8O. The summed E-state index contributed by atoms with van der Waals surface area (Å²) < 4.78 is 75.8. The molecule has 1 saturated carbocycles. The normalized spacial score (nSPS) is 25.7. The summed E-state index contributed by atoms with van der Waals surface area (Å²) in [7, 11) is 0. The van der Waals surface area contributed by atoms with E-state index in [1.807, 2.05) is 25.3 Å². The van der Waals surface area contributed by atoms with Crippen LogP contribution in [0.15, 0.2) is 24.3 Å². The number of benzene rings is 1. The van der Waals surface area contributed by atoms with Crippen molar-refractivity contribution in [2.24, 2.45) is 11.8 Å². The number of rotatable bonds is 7. The van der Waals surface area contributed by atoms with Gasteiger partial charge >= 0.3 is 6.18 Å². The molecule has 3 N–H and O–H groups in total. The molecule has 0 bridgehead atoms. The first kappa shape index (κ1) is 29.9. The van der Waals surface area contributed by atoms with Gasteiger partial charge < -0.3 is 14.2 Å². The Kier molecular flexibility index (Phi) is 7.74. The van der Waals surface area contributed by atoms with Gasteiger partial charge in [0.05, 0.1) is 18.2 Å². The molecule has 234 valence electrons. The molecule has 2 aromatic heterocycles. The van der Waals surface area contributed by atoms with Crippen molar-refractivity contribution in [2.45, 2.75) is 89.3 Å². The zero-order chi connectivity index (χ0) is 30.7. The average molecular weight is 609 g/mol. The minimum absolute atomic E-state index is 0.0762. The number of piperazine rings is 1. The Morgan fingerprint density at radius 3 is 2.40 bits per heavy atom. The third-order valence-electron chi connectivity index (χ3n) is 9.12. The summed E-state index contributed by atoms with van der Waals surface area (Å²) in [5.41, 5.74) is 3.71. The second-order valence-corrected chi connectivity index (χ2v) is 12.2. The maximum atomic E-state index is 14.1. The quantitative estimate of drug-likeness (QED) is 0.212. The minimum atomic E-state index is -4.47. The average Bonchev–Trinajstić information content (AvgIpc) is 3.56. The lowest BCUT2D eigenvalue weighted by molar-refractivity contribution is -0.138. The highest BCUT2D eigenvalue weighted by molar-refractivity contribution is 5.85. The van der Waals surface area contributed by atoms with E-state index in [1.54, 1.807) is 0 Å². The third kappa shape index (κ3) is 5.76. The van der Waals surface area contributed by atoms with E-state index >= 15 is 0 Å². The Balaban J connectivity index is 1.31. The van der Waals surface area contributed by atoms with Crippen LogP contribution < -0.4 is 16.2 Å². The number of hydrazine groups is 1. The highest BCUT2D eigenvalue weighted by Gasteiger charge is 2.51. The van der Waals surface area contributed by atoms with E-state index in [1.165, 1.54) is 12.1 Å². The maximum absolute atomic E-state index is 14.1. The fraction of sp³-hybridized carbons (Fsp3) is 0.621. The predicted molar refractivity (Wildman–Crippen MR) is 152 cm³/mol. The molecule has 2 saturated heterocycles. The molecule has 14 heteroatoms. The van der Waals surface area contributed by atoms with E-state index in [0.717, 1.165) is 37.4 Å². The van der Waals surface area contributed by atoms with Gasteiger partial charge in [-0.15, -0.1) is 0 Å². The van der Waals surface area contributed by atoms with Crippen molar-refractivity contribution in [3.8, 4) is 0 Å². The first-order chi connectivity index (χ1) is 20.3. The van der Waals surface area contributed by atoms with Crippen LogP contribution in [-0.2, 0) is 17.5 Å². The van der Waals surface area contributed by atoms with Gasteiger partial charge in [-0.05, 0) is 57.2 Å². The number of hydrogen-bond acceptors (Lipinski definition) is 8. The maximum Gasteiger partial charge on any atom is 0.416 e. The molecular weight excluding hydrogens is 571 g/mol. The molecule has 0 spiro atoms. The molecule has 2 unspecified atom stereocenters. The molecule has 4 heterocycles. The topological polar surface area (TPSA) is 97.4 Å². The first-order valence-electron chi connectivity index (χ1n) is 14.7. The summed E-state index contributed by atoms with van der Waals surface area (Å²) in [5, 5.41) is 0. The molecule has 1 aliphatic carbocycles. The van der Waals surface area contributed by atoms with Crippen LogP contribution in [0.3, 0.4) is 0 Å². The van der Waals surface area contributed by atoms with E-state index in [-0.39, 0.29) is 42.9 Å². The number of hydrogen-bond donors (Lipinski definition) is 2. The van der Waals surface area contributed by atoms with E-state index in [2.05, 4.69) is 20.2 Å². The van der Waals surface area contributed by atoms with Crippen molar-refractivity contribution < 1.29 is 26.7 Å². The van der Waals surface area contributed by atoms with Gasteiger partial charge in [-0.3, -0.25) is 10.3 Å². The number of nitrogens with one attached hydrogen (secondary N) is 1. The Labute approximate surface area is 246 Å². The Hall–Kier alpha value is -3.10. The summed E-state index contributed by atoms with van der Waals surface area (Å²) in [4.78, 5) is 18.5. The number of ether oxygens (including phenoxy) is 1. The molecule has 6 rings (SSSR count). The van der Waals surface area contributed by atoms with E-state index in [4.69, 9.17) is 20.5 Å². The third-order valence-corrected chi connectivity index (χ3v) is 9.12. The van der Waals surface area contributed by atoms with Gasteiger partial charge in [0.15, 0.2) is 17.0 Å². The molecule has 0 radical (unpaired) electrons. The fourth-order valence-electron chi connectivity index (χ4n) is 6.94. The summed E-state index contributed by atoms with van der Waals surface area (Å²) >= 11 is 0. The van der Waals surface area contributed by atoms with Crippen LogP contribution in [0.25, 0.3) is 11.2 Å². The lowest BCUT2D eigenvalue weighted by Gasteiger charge is -2.52. The lowest BCUT2D eigenvalue weighted by Crippen LogP contribution is -2.59. The zero-order valence-electron chi connectivity index (χ0n) is 24.4. The number of halogens is 5. The molecule has 43 heavy (non-hydrogen) atoms. The monoisotopic (exact) mass is 608 g/mol. The predicted octanol–water partition coefficient (Wildman–Crippen LogP) is 5.30. The first-order valence-corrected chi connectivity index (χ1v) is 14.7. The highest BCUT2D eigenvalue weighted by atomic mass is 19.4. The smallest absolute Gasteiger partial charge is 0.376 e. The number of nitrogen functional groups attached to an aromatic ring is 1. The van der Waals surface area contributed by atoms with Crippen LogP contribution in [0.1, 0.15) is 62.5 Å². The van der Waals surface area contributed by atoms with Gasteiger partial charge in [0.2, 0.25) is 11.9 Å². The summed E-state index contributed by atoms with van der Waals surface area (Å²) in [6.45, 7) is 8.28. The number of anilines is 2. The van der Waals surface area contributed by atoms with Gasteiger partial charge in [0, 0.05) is 50.7 Å². The van der Waals surface area contributed by atoms with Crippen LogP contribution in [0.5, 0.6) is 0 Å². The van der Waals surface area contributed by atoms with Crippen molar-refractivity contribution >= 4 is 22.9 Å². The molecule has 1 aromatic carbocycles. The second-order valence-electron chi connectivity index (χ2n) is 12.2. The van der Waals surface area contributed by atoms with E-state index in [9.17, 15) is 22.0 Å². The van der Waals surface area contributed by atoms with Gasteiger partial charge in [-0.1, -0.05) is 12.1 Å². The van der Waals surface area contributed by atoms with Crippen LogP contribution in [0, 0.1) is 12.8 Å². The van der Waals surface area contributed by atoms with Crippen LogP contribution in [-0.4, -0.2) is 68.2 Å². The number of alkyl halides is 5. The van der Waals surface area contributed by atoms with E-state index < -0.39 is 23.7 Å². The molecule has 0 amide bonds. The van der Waals surface area contributed by atoms with Crippen molar-refractivity contribution in [3.05, 3.63) is 41.2 Å². The molecule has 9 nitrogen and oxygen atoms in total. The van der Waals surface area contributed by atoms with Gasteiger partial charge in [-0.2, -0.15) is 23.1 Å². The number of fused-ring (bicyclic) bond motifs is 1. The number of nitrogens with zero attached hydrogens (tertiary/aromatic N) is 6. The van der Waals surface area contributed by atoms with Crippen LogP contribution in [0.2, 0.25) is 0 Å². The Morgan fingerprint density at radius 1 is 1.07 bits per heavy atom. The SMILES string of the molecule is Cc1nc2c(N3C[C@@H](C)N(C(c4ccc(C(F)(F)F)cc4)C4CC(F)(F)C4)C[C@@H]3C)nc(NN)nc2n1CC1CCCO1. The second kappa shape index (κ2) is 11.1. The van der Waals surface area contributed by atoms with Gasteiger partial charge in [0.1, 0.15) is 5.82 Å². The fourth-order valence-corrected chi connectivity index (χ4v) is 6.94. The van der Waals surface area contributed by atoms with E-state index in [0.29, 0.717) is 42.2 Å². The summed E-state index contributed by atoms with van der Waals surface area (Å²) in [6, 6.07) is 4.25. The number of aryl methyl sites for hydroxylation is 1. The van der Waals surface area contributed by atoms with Crippen molar-refractivity contribution in [3.63, 3.8) is 0 Å². The zero-order valence-corrected chi connectivity index (χ0v) is 24.4.